The van der Waals surface area contributed by atoms with Crippen molar-refractivity contribution in [2.75, 3.05) is 20.8 Å². The van der Waals surface area contributed by atoms with Gasteiger partial charge in [-0.25, -0.2) is 0 Å². The molecule has 2 aromatic heterocycles. The summed E-state index contributed by atoms with van der Waals surface area (Å²) in [7, 11) is 3.24. The largest absolute Gasteiger partial charge is 0.493 e. The molecule has 7 nitrogen and oxygen atoms in total. The number of rotatable bonds is 8. The molecule has 5 rings (SSSR count). The summed E-state index contributed by atoms with van der Waals surface area (Å²) in [5.41, 5.74) is 4.32. The van der Waals surface area contributed by atoms with Crippen LogP contribution in [0.2, 0.25) is 0 Å². The number of aromatic nitrogens is 2. The predicted molar refractivity (Wildman–Crippen MR) is 130 cm³/mol. The Balaban J connectivity index is 1.46. The number of hydrogen-bond donors (Lipinski definition) is 2. The second-order valence-corrected chi connectivity index (χ2v) is 8.03. The van der Waals surface area contributed by atoms with Crippen molar-refractivity contribution < 1.29 is 18.8 Å². The Labute approximate surface area is 196 Å². The van der Waals surface area contributed by atoms with E-state index in [-0.39, 0.29) is 18.2 Å². The molecule has 0 saturated carbocycles. The first kappa shape index (κ1) is 21.6. The van der Waals surface area contributed by atoms with Gasteiger partial charge < -0.3 is 24.3 Å². The lowest BCUT2D eigenvalue weighted by atomic mass is 9.89. The van der Waals surface area contributed by atoms with Gasteiger partial charge in [0.15, 0.2) is 17.1 Å². The number of methoxy groups -OCH3 is 2. The summed E-state index contributed by atoms with van der Waals surface area (Å²) in [6, 6.07) is 21.4. The van der Waals surface area contributed by atoms with E-state index in [0.717, 1.165) is 27.4 Å². The number of benzene rings is 3. The van der Waals surface area contributed by atoms with Gasteiger partial charge in [0.2, 0.25) is 5.91 Å². The lowest BCUT2D eigenvalue weighted by Gasteiger charge is -2.22. The van der Waals surface area contributed by atoms with Crippen LogP contribution in [0.3, 0.4) is 0 Å². The maximum Gasteiger partial charge on any atom is 0.226 e. The van der Waals surface area contributed by atoms with Gasteiger partial charge in [0.05, 0.1) is 20.6 Å². The third kappa shape index (κ3) is 3.96. The molecule has 0 saturated heterocycles. The van der Waals surface area contributed by atoms with Crippen LogP contribution in [0.15, 0.2) is 77.4 Å². The number of nitrogens with zero attached hydrogens (tertiary/aromatic N) is 1. The van der Waals surface area contributed by atoms with E-state index in [1.165, 1.54) is 0 Å². The fraction of sp³-hybridized carbons (Fsp3) is 0.185. The van der Waals surface area contributed by atoms with Crippen molar-refractivity contribution >= 4 is 27.8 Å². The lowest BCUT2D eigenvalue weighted by molar-refractivity contribution is -0.120. The van der Waals surface area contributed by atoms with Crippen molar-refractivity contribution in [1.82, 2.24) is 15.5 Å². The zero-order valence-corrected chi connectivity index (χ0v) is 19.0. The summed E-state index contributed by atoms with van der Waals surface area (Å²) in [4.78, 5) is 16.3. The maximum atomic E-state index is 12.9. The van der Waals surface area contributed by atoms with E-state index in [1.54, 1.807) is 14.2 Å². The van der Waals surface area contributed by atoms with Crippen LogP contribution in [0, 0.1) is 0 Å². The highest BCUT2D eigenvalue weighted by Crippen LogP contribution is 2.40. The monoisotopic (exact) mass is 455 g/mol. The van der Waals surface area contributed by atoms with Crippen LogP contribution >= 0.6 is 0 Å². The summed E-state index contributed by atoms with van der Waals surface area (Å²) in [5.74, 6) is 0.993. The minimum absolute atomic E-state index is 0.132. The molecule has 0 bridgehead atoms. The van der Waals surface area contributed by atoms with Crippen molar-refractivity contribution in [3.63, 3.8) is 0 Å². The SMILES string of the molecule is COc1cccc(C(CNC(=O)Cc2noc3ccccc23)c2c[nH]c3ccccc23)c1OC. The van der Waals surface area contributed by atoms with Crippen molar-refractivity contribution in [3.05, 3.63) is 89.7 Å². The highest BCUT2D eigenvalue weighted by molar-refractivity contribution is 5.87. The molecule has 0 aliphatic heterocycles. The highest BCUT2D eigenvalue weighted by atomic mass is 16.5. The standard InChI is InChI=1S/C27H25N3O4/c1-32-25-13-7-10-18(27(25)33-2)21(20-15-28-22-11-5-3-8-17(20)22)16-29-26(31)14-23-19-9-4-6-12-24(19)34-30-23/h3-13,15,21,28H,14,16H2,1-2H3,(H,29,31). The highest BCUT2D eigenvalue weighted by Gasteiger charge is 2.24. The summed E-state index contributed by atoms with van der Waals surface area (Å²) >= 11 is 0. The molecule has 0 aliphatic rings. The quantitative estimate of drug-likeness (QED) is 0.350. The maximum absolute atomic E-state index is 12.9. The fourth-order valence-corrected chi connectivity index (χ4v) is 4.45. The molecule has 0 spiro atoms. The molecule has 2 N–H and O–H groups in total. The molecule has 0 fully saturated rings. The molecule has 1 atom stereocenters. The van der Waals surface area contributed by atoms with Crippen LogP contribution in [-0.4, -0.2) is 36.8 Å². The predicted octanol–water partition coefficient (Wildman–Crippen LogP) is 4.82. The van der Waals surface area contributed by atoms with Gasteiger partial charge in [-0.1, -0.05) is 47.6 Å². The van der Waals surface area contributed by atoms with E-state index in [1.807, 2.05) is 66.9 Å². The Morgan fingerprint density at radius 2 is 1.76 bits per heavy atom. The number of carbonyl (C=O) groups excluding carboxylic acids is 1. The first-order valence-electron chi connectivity index (χ1n) is 11.1. The summed E-state index contributed by atoms with van der Waals surface area (Å²) in [5, 5.41) is 9.12. The van der Waals surface area contributed by atoms with Crippen molar-refractivity contribution in [3.8, 4) is 11.5 Å². The summed E-state index contributed by atoms with van der Waals surface area (Å²) in [6.07, 6.45) is 2.12. The van der Waals surface area contributed by atoms with E-state index < -0.39 is 0 Å². The third-order valence-corrected chi connectivity index (χ3v) is 6.09. The second kappa shape index (κ2) is 9.31. The van der Waals surface area contributed by atoms with E-state index in [9.17, 15) is 4.79 Å². The first-order chi connectivity index (χ1) is 16.7. The topological polar surface area (TPSA) is 89.4 Å². The number of aromatic amines is 1. The molecule has 2 heterocycles. The number of H-pyrrole nitrogens is 1. The van der Waals surface area contributed by atoms with E-state index >= 15 is 0 Å². The van der Waals surface area contributed by atoms with Gasteiger partial charge in [-0.3, -0.25) is 4.79 Å². The van der Waals surface area contributed by atoms with Gasteiger partial charge in [0.25, 0.3) is 0 Å². The Hall–Kier alpha value is -4.26. The molecule has 5 aromatic rings. The molecule has 7 heteroatoms. The molecule has 34 heavy (non-hydrogen) atoms. The average Bonchev–Trinajstić information content (AvgIpc) is 3.48. The Morgan fingerprint density at radius 3 is 2.59 bits per heavy atom. The van der Waals surface area contributed by atoms with Gasteiger partial charge in [0.1, 0.15) is 5.69 Å². The summed E-state index contributed by atoms with van der Waals surface area (Å²) < 4.78 is 16.6. The van der Waals surface area contributed by atoms with Crippen LogP contribution in [0.4, 0.5) is 0 Å². The van der Waals surface area contributed by atoms with Crippen LogP contribution < -0.4 is 14.8 Å². The number of carbonyl (C=O) groups is 1. The molecular formula is C27H25N3O4. The summed E-state index contributed by atoms with van der Waals surface area (Å²) in [6.45, 7) is 0.375. The van der Waals surface area contributed by atoms with Crippen molar-refractivity contribution in [2.24, 2.45) is 0 Å². The normalized spacial score (nSPS) is 12.1. The minimum Gasteiger partial charge on any atom is -0.493 e. The van der Waals surface area contributed by atoms with Crippen LogP contribution in [0.5, 0.6) is 11.5 Å². The van der Waals surface area contributed by atoms with Gasteiger partial charge in [-0.2, -0.15) is 0 Å². The Kier molecular flexibility index (Phi) is 5.91. The molecule has 1 amide bonds. The molecular weight excluding hydrogens is 430 g/mol. The molecule has 0 radical (unpaired) electrons. The molecule has 0 aliphatic carbocycles. The number of ether oxygens (including phenoxy) is 2. The van der Waals surface area contributed by atoms with Gasteiger partial charge >= 0.3 is 0 Å². The van der Waals surface area contributed by atoms with Crippen LogP contribution in [0.1, 0.15) is 22.7 Å². The second-order valence-electron chi connectivity index (χ2n) is 8.03. The smallest absolute Gasteiger partial charge is 0.226 e. The van der Waals surface area contributed by atoms with Gasteiger partial charge in [0, 0.05) is 40.5 Å². The Bertz CT molecular complexity index is 1450. The van der Waals surface area contributed by atoms with E-state index in [2.05, 4.69) is 21.5 Å². The van der Waals surface area contributed by atoms with Crippen molar-refractivity contribution in [2.45, 2.75) is 12.3 Å². The van der Waals surface area contributed by atoms with Gasteiger partial charge in [-0.05, 0) is 29.8 Å². The molecule has 1 unspecified atom stereocenters. The third-order valence-electron chi connectivity index (χ3n) is 6.09. The van der Waals surface area contributed by atoms with Crippen LogP contribution in [-0.2, 0) is 11.2 Å². The van der Waals surface area contributed by atoms with Gasteiger partial charge in [-0.15, -0.1) is 0 Å². The average molecular weight is 456 g/mol. The molecule has 3 aromatic carbocycles. The lowest BCUT2D eigenvalue weighted by Crippen LogP contribution is -2.30. The number of hydrogen-bond acceptors (Lipinski definition) is 5. The minimum atomic E-state index is -0.167. The zero-order valence-electron chi connectivity index (χ0n) is 19.0. The van der Waals surface area contributed by atoms with Crippen molar-refractivity contribution in [1.29, 1.82) is 0 Å². The Morgan fingerprint density at radius 1 is 0.971 bits per heavy atom. The number of amides is 1. The molecule has 172 valence electrons. The first-order valence-corrected chi connectivity index (χ1v) is 11.1. The van der Waals surface area contributed by atoms with E-state index in [0.29, 0.717) is 29.3 Å². The van der Waals surface area contributed by atoms with Crippen LogP contribution in [0.25, 0.3) is 21.9 Å². The zero-order chi connectivity index (χ0) is 23.5. The van der Waals surface area contributed by atoms with E-state index in [4.69, 9.17) is 14.0 Å². The number of fused-ring (bicyclic) bond motifs is 2. The fourth-order valence-electron chi connectivity index (χ4n) is 4.45. The number of nitrogens with one attached hydrogen (secondary N) is 2. The number of para-hydroxylation sites is 3.